The molecule has 0 atom stereocenters. The fourth-order valence-electron chi connectivity index (χ4n) is 1.94. The lowest BCUT2D eigenvalue weighted by atomic mass is 10.2. The molecule has 114 valence electrons. The SMILES string of the molecule is O=C(NC1CC1)c1cccc(NS(=O)(=O)c2cccnc2)c1. The molecule has 1 aromatic carbocycles. The van der Waals surface area contributed by atoms with Crippen LogP contribution in [0.25, 0.3) is 0 Å². The van der Waals surface area contributed by atoms with Crippen LogP contribution < -0.4 is 10.0 Å². The van der Waals surface area contributed by atoms with Crippen LogP contribution in [-0.4, -0.2) is 25.4 Å². The number of carbonyl (C=O) groups excluding carboxylic acids is 1. The van der Waals surface area contributed by atoms with E-state index in [1.807, 2.05) is 0 Å². The number of sulfonamides is 1. The lowest BCUT2D eigenvalue weighted by Crippen LogP contribution is -2.25. The first-order valence-electron chi connectivity index (χ1n) is 6.88. The average molecular weight is 317 g/mol. The van der Waals surface area contributed by atoms with Gasteiger partial charge in [-0.25, -0.2) is 8.42 Å². The number of carbonyl (C=O) groups is 1. The van der Waals surface area contributed by atoms with Crippen LogP contribution in [0.2, 0.25) is 0 Å². The van der Waals surface area contributed by atoms with Crippen LogP contribution in [0.5, 0.6) is 0 Å². The highest BCUT2D eigenvalue weighted by Crippen LogP contribution is 2.20. The van der Waals surface area contributed by atoms with E-state index < -0.39 is 10.0 Å². The minimum Gasteiger partial charge on any atom is -0.349 e. The number of nitrogens with zero attached hydrogens (tertiary/aromatic N) is 1. The normalized spacial score (nSPS) is 14.4. The number of hydrogen-bond acceptors (Lipinski definition) is 4. The maximum absolute atomic E-state index is 12.2. The molecule has 3 rings (SSSR count). The van der Waals surface area contributed by atoms with Gasteiger partial charge >= 0.3 is 0 Å². The summed E-state index contributed by atoms with van der Waals surface area (Å²) in [6, 6.07) is 9.67. The van der Waals surface area contributed by atoms with Crippen LogP contribution in [-0.2, 0) is 10.0 Å². The summed E-state index contributed by atoms with van der Waals surface area (Å²) in [5.41, 5.74) is 0.769. The molecule has 0 saturated heterocycles. The minimum absolute atomic E-state index is 0.0721. The third-order valence-corrected chi connectivity index (χ3v) is 4.60. The number of amides is 1. The van der Waals surface area contributed by atoms with Gasteiger partial charge in [-0.2, -0.15) is 0 Å². The van der Waals surface area contributed by atoms with E-state index in [4.69, 9.17) is 0 Å². The quantitative estimate of drug-likeness (QED) is 0.880. The summed E-state index contributed by atoms with van der Waals surface area (Å²) in [7, 11) is -3.71. The molecule has 1 aliphatic rings. The van der Waals surface area contributed by atoms with Crippen LogP contribution in [0.3, 0.4) is 0 Å². The summed E-state index contributed by atoms with van der Waals surface area (Å²) in [5, 5.41) is 2.87. The molecule has 0 spiro atoms. The predicted octanol–water partition coefficient (Wildman–Crippen LogP) is 1.77. The Morgan fingerprint density at radius 3 is 2.68 bits per heavy atom. The lowest BCUT2D eigenvalue weighted by molar-refractivity contribution is 0.0951. The second-order valence-electron chi connectivity index (χ2n) is 5.12. The Morgan fingerprint density at radius 2 is 2.00 bits per heavy atom. The molecule has 6 nitrogen and oxygen atoms in total. The summed E-state index contributed by atoms with van der Waals surface area (Å²) < 4.78 is 26.9. The Hall–Kier alpha value is -2.41. The largest absolute Gasteiger partial charge is 0.349 e. The topological polar surface area (TPSA) is 88.2 Å². The van der Waals surface area contributed by atoms with Crippen LogP contribution in [0.15, 0.2) is 53.7 Å². The van der Waals surface area contributed by atoms with Crippen molar-refractivity contribution < 1.29 is 13.2 Å². The summed E-state index contributed by atoms with van der Waals surface area (Å²) in [5.74, 6) is -0.190. The van der Waals surface area contributed by atoms with Crippen molar-refractivity contribution in [3.63, 3.8) is 0 Å². The fourth-order valence-corrected chi connectivity index (χ4v) is 2.95. The smallest absolute Gasteiger partial charge is 0.263 e. The highest BCUT2D eigenvalue weighted by Gasteiger charge is 2.24. The molecule has 0 unspecified atom stereocenters. The van der Waals surface area contributed by atoms with Gasteiger partial charge in [0.05, 0.1) is 0 Å². The Balaban J connectivity index is 1.79. The van der Waals surface area contributed by atoms with Gasteiger partial charge in [0.15, 0.2) is 0 Å². The van der Waals surface area contributed by atoms with Gasteiger partial charge in [-0.05, 0) is 43.2 Å². The minimum atomic E-state index is -3.71. The number of aromatic nitrogens is 1. The van der Waals surface area contributed by atoms with Crippen LogP contribution in [0.4, 0.5) is 5.69 Å². The highest BCUT2D eigenvalue weighted by molar-refractivity contribution is 7.92. The van der Waals surface area contributed by atoms with Crippen molar-refractivity contribution in [3.05, 3.63) is 54.4 Å². The van der Waals surface area contributed by atoms with E-state index in [0.717, 1.165) is 12.8 Å². The molecule has 1 saturated carbocycles. The van der Waals surface area contributed by atoms with Gasteiger partial charge < -0.3 is 5.32 Å². The van der Waals surface area contributed by atoms with Crippen LogP contribution >= 0.6 is 0 Å². The third-order valence-electron chi connectivity index (χ3n) is 3.23. The van der Waals surface area contributed by atoms with Crippen molar-refractivity contribution in [2.24, 2.45) is 0 Å². The molecular weight excluding hydrogens is 302 g/mol. The lowest BCUT2D eigenvalue weighted by Gasteiger charge is -2.09. The molecule has 2 aromatic rings. The number of benzene rings is 1. The Labute approximate surface area is 128 Å². The Morgan fingerprint density at radius 1 is 1.18 bits per heavy atom. The zero-order chi connectivity index (χ0) is 15.6. The van der Waals surface area contributed by atoms with Gasteiger partial charge in [0.2, 0.25) is 0 Å². The second-order valence-corrected chi connectivity index (χ2v) is 6.81. The van der Waals surface area contributed by atoms with Gasteiger partial charge in [-0.3, -0.25) is 14.5 Å². The second kappa shape index (κ2) is 5.76. The number of nitrogens with one attached hydrogen (secondary N) is 2. The van der Waals surface area contributed by atoms with Gasteiger partial charge in [0.25, 0.3) is 15.9 Å². The zero-order valence-electron chi connectivity index (χ0n) is 11.7. The molecule has 22 heavy (non-hydrogen) atoms. The average Bonchev–Trinajstić information content (AvgIpc) is 3.32. The van der Waals surface area contributed by atoms with E-state index in [0.29, 0.717) is 11.3 Å². The Bertz CT molecular complexity index is 787. The van der Waals surface area contributed by atoms with Crippen molar-refractivity contribution in [2.75, 3.05) is 4.72 Å². The van der Waals surface area contributed by atoms with E-state index in [1.54, 1.807) is 24.3 Å². The maximum Gasteiger partial charge on any atom is 0.263 e. The Kier molecular flexibility index (Phi) is 3.81. The van der Waals surface area contributed by atoms with Crippen LogP contribution in [0.1, 0.15) is 23.2 Å². The van der Waals surface area contributed by atoms with E-state index in [2.05, 4.69) is 15.0 Å². The summed E-state index contributed by atoms with van der Waals surface area (Å²) in [4.78, 5) is 15.9. The standard InChI is InChI=1S/C15H15N3O3S/c19-15(17-12-6-7-12)11-3-1-4-13(9-11)18-22(20,21)14-5-2-8-16-10-14/h1-5,8-10,12,18H,6-7H2,(H,17,19). The van der Waals surface area contributed by atoms with Crippen molar-refractivity contribution >= 4 is 21.6 Å². The molecule has 0 radical (unpaired) electrons. The van der Waals surface area contributed by atoms with Crippen molar-refractivity contribution in [2.45, 2.75) is 23.8 Å². The zero-order valence-corrected chi connectivity index (χ0v) is 12.5. The number of anilines is 1. The van der Waals surface area contributed by atoms with E-state index in [-0.39, 0.29) is 16.8 Å². The molecule has 0 bridgehead atoms. The first kappa shape index (κ1) is 14.5. The van der Waals surface area contributed by atoms with E-state index in [1.165, 1.54) is 24.5 Å². The molecule has 2 N–H and O–H groups in total. The van der Waals surface area contributed by atoms with Crippen molar-refractivity contribution in [1.29, 1.82) is 0 Å². The first-order valence-corrected chi connectivity index (χ1v) is 8.37. The van der Waals surface area contributed by atoms with Crippen molar-refractivity contribution in [3.8, 4) is 0 Å². The molecule has 0 aliphatic heterocycles. The number of pyridine rings is 1. The molecular formula is C15H15N3O3S. The summed E-state index contributed by atoms with van der Waals surface area (Å²) >= 11 is 0. The van der Waals surface area contributed by atoms with Gasteiger partial charge in [0.1, 0.15) is 4.90 Å². The predicted molar refractivity (Wildman–Crippen MR) is 82.0 cm³/mol. The van der Waals surface area contributed by atoms with E-state index in [9.17, 15) is 13.2 Å². The highest BCUT2D eigenvalue weighted by atomic mass is 32.2. The molecule has 7 heteroatoms. The maximum atomic E-state index is 12.2. The molecule has 1 aromatic heterocycles. The monoisotopic (exact) mass is 317 g/mol. The van der Waals surface area contributed by atoms with Gasteiger partial charge in [0, 0.05) is 29.7 Å². The number of rotatable bonds is 5. The van der Waals surface area contributed by atoms with Crippen LogP contribution in [0, 0.1) is 0 Å². The molecule has 1 amide bonds. The molecule has 1 fully saturated rings. The molecule has 1 aliphatic carbocycles. The van der Waals surface area contributed by atoms with Gasteiger partial charge in [-0.15, -0.1) is 0 Å². The fraction of sp³-hybridized carbons (Fsp3) is 0.200. The van der Waals surface area contributed by atoms with E-state index >= 15 is 0 Å². The first-order chi connectivity index (χ1) is 10.5. The number of hydrogen-bond donors (Lipinski definition) is 2. The summed E-state index contributed by atoms with van der Waals surface area (Å²) in [6.45, 7) is 0. The van der Waals surface area contributed by atoms with Crippen molar-refractivity contribution in [1.82, 2.24) is 10.3 Å². The van der Waals surface area contributed by atoms with Gasteiger partial charge in [-0.1, -0.05) is 6.07 Å². The summed E-state index contributed by atoms with van der Waals surface area (Å²) in [6.07, 6.45) is 4.77. The third kappa shape index (κ3) is 3.43. The molecule has 1 heterocycles.